The minimum Gasteiger partial charge on any atom is -0.477 e. The second kappa shape index (κ2) is 7.51. The summed E-state index contributed by atoms with van der Waals surface area (Å²) in [5.41, 5.74) is 0.215. The number of carbonyl (C=O) groups is 1. The standard InChI is InChI=1S/C18H15F4NO4/c1-8-4-12-11(10-3-2-9(19)5-13(10)20)6-14(17(24)25)23-16(12)27-15(8)7-26-18(21)22/h2-3,5-6,8,15,18H,4,7H2,1H3,(H,24,25)/t8-,15-/m0/s1. The number of ether oxygens (including phenoxy) is 2. The van der Waals surface area contributed by atoms with Crippen molar-refractivity contribution in [3.63, 3.8) is 0 Å². The van der Waals surface area contributed by atoms with Gasteiger partial charge in [0.05, 0.1) is 6.61 Å². The molecule has 1 aromatic carbocycles. The lowest BCUT2D eigenvalue weighted by atomic mass is 9.88. The molecule has 2 heterocycles. The maximum absolute atomic E-state index is 14.3. The largest absolute Gasteiger partial charge is 0.477 e. The number of halogens is 4. The van der Waals surface area contributed by atoms with Gasteiger partial charge in [-0.15, -0.1) is 0 Å². The van der Waals surface area contributed by atoms with Gasteiger partial charge < -0.3 is 14.6 Å². The van der Waals surface area contributed by atoms with Crippen molar-refractivity contribution in [2.45, 2.75) is 26.1 Å². The molecule has 1 aliphatic rings. The summed E-state index contributed by atoms with van der Waals surface area (Å²) in [6.45, 7) is -1.64. The number of pyridine rings is 1. The van der Waals surface area contributed by atoms with Crippen LogP contribution in [0.25, 0.3) is 11.1 Å². The van der Waals surface area contributed by atoms with E-state index in [0.29, 0.717) is 11.6 Å². The van der Waals surface area contributed by atoms with Crippen molar-refractivity contribution >= 4 is 5.97 Å². The molecule has 0 spiro atoms. The molecule has 0 saturated carbocycles. The average Bonchev–Trinajstić information content (AvgIpc) is 2.59. The first-order valence-electron chi connectivity index (χ1n) is 8.05. The Morgan fingerprint density at radius 3 is 2.70 bits per heavy atom. The van der Waals surface area contributed by atoms with E-state index in [1.807, 2.05) is 0 Å². The second-order valence-electron chi connectivity index (χ2n) is 6.20. The van der Waals surface area contributed by atoms with Crippen molar-refractivity contribution in [1.82, 2.24) is 4.98 Å². The molecule has 0 radical (unpaired) electrons. The van der Waals surface area contributed by atoms with Crippen molar-refractivity contribution in [1.29, 1.82) is 0 Å². The highest BCUT2D eigenvalue weighted by Crippen LogP contribution is 2.38. The summed E-state index contributed by atoms with van der Waals surface area (Å²) in [6, 6.07) is 4.12. The molecule has 0 amide bonds. The molecule has 3 rings (SSSR count). The van der Waals surface area contributed by atoms with Crippen molar-refractivity contribution < 1.29 is 36.9 Å². The fourth-order valence-electron chi connectivity index (χ4n) is 2.98. The Bertz CT molecular complexity index is 875. The fourth-order valence-corrected chi connectivity index (χ4v) is 2.98. The number of alkyl halides is 2. The zero-order valence-corrected chi connectivity index (χ0v) is 14.1. The third-order valence-electron chi connectivity index (χ3n) is 4.34. The van der Waals surface area contributed by atoms with E-state index in [1.54, 1.807) is 6.92 Å². The lowest BCUT2D eigenvalue weighted by molar-refractivity contribution is -0.150. The van der Waals surface area contributed by atoms with Gasteiger partial charge in [-0.25, -0.2) is 18.6 Å². The zero-order chi connectivity index (χ0) is 19.7. The number of rotatable bonds is 5. The summed E-state index contributed by atoms with van der Waals surface area (Å²) in [4.78, 5) is 15.3. The molecule has 144 valence electrons. The monoisotopic (exact) mass is 385 g/mol. The Balaban J connectivity index is 2.07. The molecule has 1 N–H and O–H groups in total. The van der Waals surface area contributed by atoms with E-state index >= 15 is 0 Å². The summed E-state index contributed by atoms with van der Waals surface area (Å²) in [5.74, 6) is -3.38. The zero-order valence-electron chi connectivity index (χ0n) is 14.1. The van der Waals surface area contributed by atoms with Gasteiger partial charge in [-0.1, -0.05) is 6.92 Å². The number of benzene rings is 1. The van der Waals surface area contributed by atoms with Gasteiger partial charge in [0.1, 0.15) is 17.7 Å². The molecule has 5 nitrogen and oxygen atoms in total. The third-order valence-corrected chi connectivity index (χ3v) is 4.34. The molecule has 2 atom stereocenters. The highest BCUT2D eigenvalue weighted by Gasteiger charge is 2.32. The van der Waals surface area contributed by atoms with Gasteiger partial charge in [0.2, 0.25) is 5.88 Å². The lowest BCUT2D eigenvalue weighted by Crippen LogP contribution is -2.36. The molecule has 2 aromatic rings. The highest BCUT2D eigenvalue weighted by atomic mass is 19.3. The van der Waals surface area contributed by atoms with E-state index in [4.69, 9.17) is 4.74 Å². The number of hydrogen-bond acceptors (Lipinski definition) is 4. The second-order valence-corrected chi connectivity index (χ2v) is 6.20. The number of nitrogens with zero attached hydrogens (tertiary/aromatic N) is 1. The SMILES string of the molecule is C[C@H]1Cc2c(-c3ccc(F)cc3F)cc(C(=O)O)nc2O[C@H]1COC(F)F. The number of carboxylic acids is 1. The van der Waals surface area contributed by atoms with Crippen molar-refractivity contribution in [2.75, 3.05) is 6.61 Å². The number of aromatic carboxylic acids is 1. The van der Waals surface area contributed by atoms with Crippen molar-refractivity contribution in [3.05, 3.63) is 47.2 Å². The van der Waals surface area contributed by atoms with Crippen LogP contribution in [-0.2, 0) is 11.2 Å². The van der Waals surface area contributed by atoms with Gasteiger partial charge in [-0.2, -0.15) is 8.78 Å². The summed E-state index contributed by atoms with van der Waals surface area (Å²) < 4.78 is 62.0. The molecule has 0 saturated heterocycles. The Morgan fingerprint density at radius 2 is 2.07 bits per heavy atom. The smallest absolute Gasteiger partial charge is 0.354 e. The topological polar surface area (TPSA) is 68.7 Å². The number of carboxylic acid groups (broad SMARTS) is 1. The van der Waals surface area contributed by atoms with Gasteiger partial charge in [-0.3, -0.25) is 0 Å². The van der Waals surface area contributed by atoms with Gasteiger partial charge in [0.25, 0.3) is 0 Å². The summed E-state index contributed by atoms with van der Waals surface area (Å²) in [6.07, 6.45) is -0.500. The molecule has 0 unspecified atom stereocenters. The van der Waals surface area contributed by atoms with Crippen LogP contribution in [0.2, 0.25) is 0 Å². The molecule has 0 fully saturated rings. The van der Waals surface area contributed by atoms with Crippen LogP contribution >= 0.6 is 0 Å². The summed E-state index contributed by atoms with van der Waals surface area (Å²) in [7, 11) is 0. The van der Waals surface area contributed by atoms with E-state index in [1.165, 1.54) is 12.1 Å². The predicted molar refractivity (Wildman–Crippen MR) is 85.8 cm³/mol. The van der Waals surface area contributed by atoms with E-state index in [2.05, 4.69) is 9.72 Å². The quantitative estimate of drug-likeness (QED) is 0.791. The number of aromatic nitrogens is 1. The molecule has 27 heavy (non-hydrogen) atoms. The van der Waals surface area contributed by atoms with E-state index in [-0.39, 0.29) is 29.3 Å². The van der Waals surface area contributed by atoms with Crippen LogP contribution in [0.15, 0.2) is 24.3 Å². The Kier molecular flexibility index (Phi) is 5.31. The van der Waals surface area contributed by atoms with Gasteiger partial charge in [-0.05, 0) is 36.1 Å². The lowest BCUT2D eigenvalue weighted by Gasteiger charge is -2.32. The molecule has 0 bridgehead atoms. The first-order chi connectivity index (χ1) is 12.8. The van der Waals surface area contributed by atoms with Crippen LogP contribution in [0.4, 0.5) is 17.6 Å². The predicted octanol–water partition coefficient (Wildman–Crippen LogP) is 3.90. The van der Waals surface area contributed by atoms with Crippen molar-refractivity contribution in [2.24, 2.45) is 5.92 Å². The van der Waals surface area contributed by atoms with Crippen molar-refractivity contribution in [3.8, 4) is 17.0 Å². The van der Waals surface area contributed by atoms with Crippen LogP contribution in [-0.4, -0.2) is 35.4 Å². The first-order valence-corrected chi connectivity index (χ1v) is 8.05. The van der Waals surface area contributed by atoms with Gasteiger partial charge >= 0.3 is 12.6 Å². The third kappa shape index (κ3) is 4.02. The molecular formula is C18H15F4NO4. The first kappa shape index (κ1) is 19.1. The maximum Gasteiger partial charge on any atom is 0.354 e. The minimum atomic E-state index is -2.97. The molecule has 0 aliphatic carbocycles. The number of fused-ring (bicyclic) bond motifs is 1. The maximum atomic E-state index is 14.3. The van der Waals surface area contributed by atoms with Crippen LogP contribution < -0.4 is 4.74 Å². The normalized spacial score (nSPS) is 18.9. The Labute approximate surface area is 151 Å². The highest BCUT2D eigenvalue weighted by molar-refractivity contribution is 5.88. The van der Waals surface area contributed by atoms with Crippen LogP contribution in [0.1, 0.15) is 23.0 Å². The van der Waals surface area contributed by atoms with E-state index in [0.717, 1.165) is 6.07 Å². The average molecular weight is 385 g/mol. The van der Waals surface area contributed by atoms with Crippen LogP contribution in [0.5, 0.6) is 5.88 Å². The molecule has 1 aromatic heterocycles. The summed E-state index contributed by atoms with van der Waals surface area (Å²) in [5, 5.41) is 9.27. The van der Waals surface area contributed by atoms with Gasteiger partial charge in [0.15, 0.2) is 5.69 Å². The molecular weight excluding hydrogens is 370 g/mol. The molecule has 1 aliphatic heterocycles. The van der Waals surface area contributed by atoms with E-state index < -0.39 is 42.6 Å². The Hall–Kier alpha value is -2.68. The minimum absolute atomic E-state index is 0.00405. The summed E-state index contributed by atoms with van der Waals surface area (Å²) >= 11 is 0. The Morgan fingerprint density at radius 1 is 1.33 bits per heavy atom. The van der Waals surface area contributed by atoms with Gasteiger partial charge in [0, 0.05) is 17.2 Å². The van der Waals surface area contributed by atoms with Crippen LogP contribution in [0.3, 0.4) is 0 Å². The van der Waals surface area contributed by atoms with Crippen LogP contribution in [0, 0.1) is 17.6 Å². The number of hydrogen-bond donors (Lipinski definition) is 1. The molecule has 9 heteroatoms. The van der Waals surface area contributed by atoms with E-state index in [9.17, 15) is 27.5 Å². The fraction of sp³-hybridized carbons (Fsp3) is 0.333.